The van der Waals surface area contributed by atoms with Gasteiger partial charge in [-0.1, -0.05) is 12.1 Å². The number of hydrogen-bond acceptors (Lipinski definition) is 6. The Morgan fingerprint density at radius 1 is 1.03 bits per heavy atom. The lowest BCUT2D eigenvalue weighted by molar-refractivity contribution is 0.122. The number of hydrogen-bond donors (Lipinski definition) is 1. The fourth-order valence-electron chi connectivity index (χ4n) is 4.15. The molecule has 0 radical (unpaired) electrons. The van der Waals surface area contributed by atoms with Crippen molar-refractivity contribution in [2.75, 3.05) is 31.2 Å². The second-order valence-corrected chi connectivity index (χ2v) is 7.38. The molecule has 8 nitrogen and oxygen atoms in total. The predicted octanol–water partition coefficient (Wildman–Crippen LogP) is 3.33. The number of para-hydroxylation sites is 1. The highest BCUT2D eigenvalue weighted by molar-refractivity contribution is 5.96. The first-order valence-corrected chi connectivity index (χ1v) is 10.0. The predicted molar refractivity (Wildman–Crippen MR) is 115 cm³/mol. The number of aromatic nitrogens is 6. The number of nitrogens with one attached hydrogen (secondary N) is 1. The van der Waals surface area contributed by atoms with Gasteiger partial charge in [-0.25, -0.2) is 9.37 Å². The summed E-state index contributed by atoms with van der Waals surface area (Å²) in [6, 6.07) is 11.0. The SMILES string of the molecule is Fc1cccc2c(-n3cnc4c(-c5nnc[nH]5)cc(N5CCOCC5)cc43)ccnc12. The summed E-state index contributed by atoms with van der Waals surface area (Å²) in [4.78, 5) is 14.3. The van der Waals surface area contributed by atoms with E-state index in [1.54, 1.807) is 24.9 Å². The van der Waals surface area contributed by atoms with Gasteiger partial charge >= 0.3 is 0 Å². The number of anilines is 1. The number of ether oxygens (including phenoxy) is 1. The normalized spacial score (nSPS) is 14.5. The number of rotatable bonds is 3. The van der Waals surface area contributed by atoms with Gasteiger partial charge in [-0.3, -0.25) is 9.55 Å². The molecule has 1 aliphatic rings. The summed E-state index contributed by atoms with van der Waals surface area (Å²) >= 11 is 0. The molecule has 4 heterocycles. The molecule has 0 aliphatic carbocycles. The van der Waals surface area contributed by atoms with Crippen LogP contribution in [0.1, 0.15) is 0 Å². The highest BCUT2D eigenvalue weighted by Gasteiger charge is 2.19. The van der Waals surface area contributed by atoms with E-state index in [0.29, 0.717) is 24.6 Å². The van der Waals surface area contributed by atoms with Gasteiger partial charge in [0.2, 0.25) is 0 Å². The molecule has 154 valence electrons. The molecular weight excluding hydrogens is 397 g/mol. The average molecular weight is 415 g/mol. The Labute approximate surface area is 176 Å². The molecule has 31 heavy (non-hydrogen) atoms. The van der Waals surface area contributed by atoms with Crippen LogP contribution in [0.25, 0.3) is 39.0 Å². The summed E-state index contributed by atoms with van der Waals surface area (Å²) in [6.45, 7) is 2.98. The molecule has 0 saturated carbocycles. The Morgan fingerprint density at radius 2 is 1.94 bits per heavy atom. The number of fused-ring (bicyclic) bond motifs is 2. The summed E-state index contributed by atoms with van der Waals surface area (Å²) in [5, 5.41) is 8.87. The third-order valence-corrected chi connectivity index (χ3v) is 5.64. The van der Waals surface area contributed by atoms with Crippen LogP contribution in [0.2, 0.25) is 0 Å². The van der Waals surface area contributed by atoms with Gasteiger partial charge in [-0.05, 0) is 24.3 Å². The van der Waals surface area contributed by atoms with E-state index in [1.807, 2.05) is 16.7 Å². The summed E-state index contributed by atoms with van der Waals surface area (Å²) in [6.07, 6.45) is 4.93. The van der Waals surface area contributed by atoms with E-state index in [2.05, 4.69) is 42.2 Å². The Kier molecular flexibility index (Phi) is 4.13. The smallest absolute Gasteiger partial charge is 0.163 e. The van der Waals surface area contributed by atoms with Crippen molar-refractivity contribution in [3.8, 4) is 17.1 Å². The van der Waals surface area contributed by atoms with Crippen molar-refractivity contribution in [2.45, 2.75) is 0 Å². The second kappa shape index (κ2) is 7.13. The standard InChI is InChI=1S/C22H18FN7O/c23-17-3-1-2-15-18(4-5-24-20(15)17)30-13-26-21-16(22-25-12-27-28-22)10-14(11-19(21)30)29-6-8-31-9-7-29/h1-5,10-13H,6-9H2,(H,25,27,28). The summed E-state index contributed by atoms with van der Waals surface area (Å²) in [5.74, 6) is 0.302. The molecule has 5 aromatic rings. The van der Waals surface area contributed by atoms with Crippen molar-refractivity contribution in [1.82, 2.24) is 29.7 Å². The summed E-state index contributed by atoms with van der Waals surface area (Å²) in [7, 11) is 0. The van der Waals surface area contributed by atoms with Crippen molar-refractivity contribution in [2.24, 2.45) is 0 Å². The number of benzene rings is 2. The highest BCUT2D eigenvalue weighted by Crippen LogP contribution is 2.34. The van der Waals surface area contributed by atoms with E-state index in [4.69, 9.17) is 4.74 Å². The van der Waals surface area contributed by atoms with Crippen LogP contribution in [0.5, 0.6) is 0 Å². The van der Waals surface area contributed by atoms with Gasteiger partial charge in [0.05, 0.1) is 29.9 Å². The van der Waals surface area contributed by atoms with Crippen molar-refractivity contribution >= 4 is 27.6 Å². The zero-order valence-corrected chi connectivity index (χ0v) is 16.5. The third-order valence-electron chi connectivity index (χ3n) is 5.64. The van der Waals surface area contributed by atoms with Gasteiger partial charge in [-0.15, -0.1) is 10.2 Å². The topological polar surface area (TPSA) is 84.8 Å². The van der Waals surface area contributed by atoms with Crippen LogP contribution in [0, 0.1) is 5.82 Å². The van der Waals surface area contributed by atoms with Gasteiger partial charge in [0.15, 0.2) is 5.82 Å². The Bertz CT molecular complexity index is 1390. The Hall–Kier alpha value is -3.85. The minimum absolute atomic E-state index is 0.335. The molecule has 9 heteroatoms. The van der Waals surface area contributed by atoms with E-state index in [0.717, 1.165) is 46.4 Å². The van der Waals surface area contributed by atoms with Crippen molar-refractivity contribution in [1.29, 1.82) is 0 Å². The lowest BCUT2D eigenvalue weighted by Gasteiger charge is -2.29. The van der Waals surface area contributed by atoms with Gasteiger partial charge in [-0.2, -0.15) is 0 Å². The lowest BCUT2D eigenvalue weighted by Crippen LogP contribution is -2.36. The molecule has 1 saturated heterocycles. The van der Waals surface area contributed by atoms with E-state index >= 15 is 0 Å². The van der Waals surface area contributed by atoms with Crippen molar-refractivity contribution < 1.29 is 9.13 Å². The van der Waals surface area contributed by atoms with Crippen LogP contribution in [-0.4, -0.2) is 56.0 Å². The molecule has 1 N–H and O–H groups in total. The van der Waals surface area contributed by atoms with Gasteiger partial charge in [0.25, 0.3) is 0 Å². The molecule has 0 unspecified atom stereocenters. The Morgan fingerprint density at radius 3 is 2.77 bits per heavy atom. The second-order valence-electron chi connectivity index (χ2n) is 7.38. The maximum atomic E-state index is 14.4. The quantitative estimate of drug-likeness (QED) is 0.487. The number of pyridine rings is 1. The maximum absolute atomic E-state index is 14.4. The van der Waals surface area contributed by atoms with E-state index in [-0.39, 0.29) is 5.82 Å². The molecule has 0 bridgehead atoms. The molecule has 0 atom stereocenters. The fraction of sp³-hybridized carbons (Fsp3) is 0.182. The number of nitrogens with zero attached hydrogens (tertiary/aromatic N) is 6. The van der Waals surface area contributed by atoms with Crippen molar-refractivity contribution in [3.63, 3.8) is 0 Å². The average Bonchev–Trinajstić information content (AvgIpc) is 3.49. The summed E-state index contributed by atoms with van der Waals surface area (Å²) in [5.41, 5.74) is 4.74. The van der Waals surface area contributed by atoms with Crippen LogP contribution in [0.4, 0.5) is 10.1 Å². The lowest BCUT2D eigenvalue weighted by atomic mass is 10.1. The first kappa shape index (κ1) is 18.0. The highest BCUT2D eigenvalue weighted by atomic mass is 19.1. The van der Waals surface area contributed by atoms with E-state index in [9.17, 15) is 4.39 Å². The minimum atomic E-state index is -0.347. The van der Waals surface area contributed by atoms with Crippen LogP contribution in [0.3, 0.4) is 0 Å². The van der Waals surface area contributed by atoms with Gasteiger partial charge in [0, 0.05) is 35.9 Å². The third kappa shape index (κ3) is 2.93. The molecular formula is C22H18FN7O. The van der Waals surface area contributed by atoms with Crippen molar-refractivity contribution in [3.05, 3.63) is 61.1 Å². The molecule has 1 aliphatic heterocycles. The number of aromatic amines is 1. The zero-order chi connectivity index (χ0) is 20.8. The van der Waals surface area contributed by atoms with Crippen LogP contribution >= 0.6 is 0 Å². The maximum Gasteiger partial charge on any atom is 0.163 e. The zero-order valence-electron chi connectivity index (χ0n) is 16.5. The summed E-state index contributed by atoms with van der Waals surface area (Å²) < 4.78 is 21.8. The molecule has 3 aromatic heterocycles. The number of H-pyrrole nitrogens is 1. The first-order valence-electron chi connectivity index (χ1n) is 10.0. The molecule has 1 fully saturated rings. The van der Waals surface area contributed by atoms with Gasteiger partial charge in [0.1, 0.15) is 24.0 Å². The monoisotopic (exact) mass is 415 g/mol. The van der Waals surface area contributed by atoms with E-state index in [1.165, 1.54) is 6.07 Å². The van der Waals surface area contributed by atoms with Crippen LogP contribution in [0.15, 0.2) is 55.2 Å². The fourth-order valence-corrected chi connectivity index (χ4v) is 4.15. The number of halogens is 1. The minimum Gasteiger partial charge on any atom is -0.378 e. The first-order chi connectivity index (χ1) is 15.3. The van der Waals surface area contributed by atoms with Gasteiger partial charge < -0.3 is 14.6 Å². The van der Waals surface area contributed by atoms with Crippen LogP contribution < -0.4 is 4.90 Å². The number of morpholine rings is 1. The Balaban J connectivity index is 1.62. The number of imidazole rings is 1. The molecule has 6 rings (SSSR count). The molecule has 0 spiro atoms. The largest absolute Gasteiger partial charge is 0.378 e. The molecule has 2 aromatic carbocycles. The molecule has 0 amide bonds. The van der Waals surface area contributed by atoms with Crippen LogP contribution in [-0.2, 0) is 4.74 Å². The van der Waals surface area contributed by atoms with E-state index < -0.39 is 0 Å².